The van der Waals surface area contributed by atoms with E-state index < -0.39 is 23.0 Å². The van der Waals surface area contributed by atoms with E-state index in [1.807, 2.05) is 0 Å². The van der Waals surface area contributed by atoms with Crippen LogP contribution in [0.3, 0.4) is 0 Å². The monoisotopic (exact) mass is 490 g/mol. The summed E-state index contributed by atoms with van der Waals surface area (Å²) in [6, 6.07) is 10.1. The van der Waals surface area contributed by atoms with E-state index in [0.717, 1.165) is 6.07 Å². The minimum Gasteiger partial charge on any atom is -0.298 e. The molecule has 0 unspecified atom stereocenters. The van der Waals surface area contributed by atoms with E-state index in [9.17, 15) is 18.8 Å². The van der Waals surface area contributed by atoms with Crippen molar-refractivity contribution in [3.05, 3.63) is 122 Å². The van der Waals surface area contributed by atoms with Gasteiger partial charge in [-0.1, -0.05) is 11.6 Å². The van der Waals surface area contributed by atoms with Crippen LogP contribution >= 0.6 is 11.6 Å². The number of fused-ring (bicyclic) bond motifs is 1. The first kappa shape index (κ1) is 22.2. The van der Waals surface area contributed by atoms with Crippen LogP contribution in [0.15, 0.2) is 82.9 Å². The van der Waals surface area contributed by atoms with Gasteiger partial charge in [0.25, 0.3) is 11.5 Å². The Morgan fingerprint density at radius 3 is 2.63 bits per heavy atom. The Morgan fingerprint density at radius 1 is 1.09 bits per heavy atom. The van der Waals surface area contributed by atoms with Crippen LogP contribution in [-0.2, 0) is 6.54 Å². The quantitative estimate of drug-likeness (QED) is 0.455. The number of halogens is 2. The number of benzene rings is 2. The average Bonchev–Trinajstić information content (AvgIpc) is 2.86. The zero-order valence-corrected chi connectivity index (χ0v) is 18.7. The number of carbonyl (C=O) groups excluding carboxylic acids is 1. The molecule has 3 heterocycles. The number of nitrogens with zero attached hydrogens (tertiary/aromatic N) is 4. The number of H-pyrrole nitrogens is 1. The fraction of sp³-hybridized carbons (Fsp3) is 0.0417. The molecule has 0 aliphatic carbocycles. The van der Waals surface area contributed by atoms with Crippen molar-refractivity contribution in [2.75, 3.05) is 0 Å². The summed E-state index contributed by atoms with van der Waals surface area (Å²) in [6.45, 7) is -0.0789. The summed E-state index contributed by atoms with van der Waals surface area (Å²) >= 11 is 5.98. The van der Waals surface area contributed by atoms with Crippen LogP contribution in [-0.4, -0.2) is 30.4 Å². The minimum atomic E-state index is -0.664. The Bertz CT molecular complexity index is 1650. The number of aromatic nitrogens is 4. The second kappa shape index (κ2) is 8.99. The first-order chi connectivity index (χ1) is 16.9. The normalized spacial score (nSPS) is 13.0. The van der Waals surface area contributed by atoms with Gasteiger partial charge in [-0.3, -0.25) is 24.6 Å². The Hall–Kier alpha value is -4.57. The van der Waals surface area contributed by atoms with Crippen LogP contribution in [0.5, 0.6) is 0 Å². The van der Waals surface area contributed by atoms with Crippen molar-refractivity contribution < 1.29 is 9.18 Å². The SMILES string of the molecule is O=C(c1cc(F)cc(Cn2c(=O)[nH]c(=O)c3cc(Cl)ccc32)c1)N1C=CC(c2ncccn2)=CN1. The molecule has 35 heavy (non-hydrogen) atoms. The molecule has 2 aromatic carbocycles. The molecule has 1 aliphatic heterocycles. The molecule has 0 bridgehead atoms. The summed E-state index contributed by atoms with van der Waals surface area (Å²) in [5.74, 6) is -0.682. The number of hydrogen-bond donors (Lipinski definition) is 2. The highest BCUT2D eigenvalue weighted by Gasteiger charge is 2.18. The molecule has 174 valence electrons. The molecule has 4 aromatic rings. The number of hydrogen-bond acceptors (Lipinski definition) is 6. The van der Waals surface area contributed by atoms with Gasteiger partial charge in [-0.25, -0.2) is 24.2 Å². The van der Waals surface area contributed by atoms with E-state index in [1.165, 1.54) is 34.0 Å². The fourth-order valence-corrected chi connectivity index (χ4v) is 3.88. The fourth-order valence-electron chi connectivity index (χ4n) is 3.71. The van der Waals surface area contributed by atoms with Crippen LogP contribution in [0.25, 0.3) is 16.5 Å². The maximum Gasteiger partial charge on any atom is 0.329 e. The second-order valence-electron chi connectivity index (χ2n) is 7.65. The number of carbonyl (C=O) groups is 1. The average molecular weight is 491 g/mol. The topological polar surface area (TPSA) is 113 Å². The Morgan fingerprint density at radius 2 is 1.89 bits per heavy atom. The molecule has 1 aliphatic rings. The lowest BCUT2D eigenvalue weighted by atomic mass is 10.1. The van der Waals surface area contributed by atoms with E-state index in [0.29, 0.717) is 27.5 Å². The van der Waals surface area contributed by atoms with E-state index >= 15 is 0 Å². The van der Waals surface area contributed by atoms with Crippen LogP contribution in [0.1, 0.15) is 21.7 Å². The Balaban J connectivity index is 1.43. The molecule has 0 saturated heterocycles. The standard InChI is InChI=1S/C24H16ClFN6O3/c25-17-2-3-20-19(11-17)22(33)30-24(35)31(20)13-14-8-16(10-18(26)9-14)23(34)32-7-4-15(12-29-32)21-27-5-1-6-28-21/h1-12,29H,13H2,(H,30,33,35). The third kappa shape index (κ3) is 4.46. The number of nitrogens with one attached hydrogen (secondary N) is 2. The molecule has 0 spiro atoms. The highest BCUT2D eigenvalue weighted by molar-refractivity contribution is 6.31. The van der Waals surface area contributed by atoms with Gasteiger partial charge in [0, 0.05) is 41.0 Å². The smallest absolute Gasteiger partial charge is 0.298 e. The van der Waals surface area contributed by atoms with Gasteiger partial charge in [0.1, 0.15) is 5.82 Å². The van der Waals surface area contributed by atoms with Gasteiger partial charge in [0.05, 0.1) is 17.4 Å². The summed E-state index contributed by atoms with van der Waals surface area (Å²) in [5.41, 5.74) is 3.01. The zero-order chi connectivity index (χ0) is 24.5. The summed E-state index contributed by atoms with van der Waals surface area (Å²) < 4.78 is 15.8. The highest BCUT2D eigenvalue weighted by atomic mass is 35.5. The largest absolute Gasteiger partial charge is 0.329 e. The Labute approximate surface area is 201 Å². The lowest BCUT2D eigenvalue weighted by Gasteiger charge is -2.22. The number of rotatable bonds is 4. The van der Waals surface area contributed by atoms with Crippen molar-refractivity contribution >= 4 is 34.0 Å². The first-order valence-corrected chi connectivity index (χ1v) is 10.7. The van der Waals surface area contributed by atoms with Crippen molar-refractivity contribution in [1.29, 1.82) is 0 Å². The molecule has 5 rings (SSSR count). The van der Waals surface area contributed by atoms with Gasteiger partial charge in [-0.05, 0) is 54.1 Å². The van der Waals surface area contributed by atoms with Crippen LogP contribution in [0, 0.1) is 5.82 Å². The van der Waals surface area contributed by atoms with Crippen molar-refractivity contribution in [2.45, 2.75) is 6.54 Å². The van der Waals surface area contributed by atoms with Gasteiger partial charge in [-0.15, -0.1) is 0 Å². The zero-order valence-electron chi connectivity index (χ0n) is 17.9. The van der Waals surface area contributed by atoms with Crippen LogP contribution < -0.4 is 16.7 Å². The third-order valence-corrected chi connectivity index (χ3v) is 5.55. The minimum absolute atomic E-state index is 0.0646. The number of aromatic amines is 1. The van der Waals surface area contributed by atoms with Crippen molar-refractivity contribution in [2.24, 2.45) is 0 Å². The molecule has 0 saturated carbocycles. The van der Waals surface area contributed by atoms with Crippen molar-refractivity contribution in [3.63, 3.8) is 0 Å². The van der Waals surface area contributed by atoms with Gasteiger partial charge < -0.3 is 0 Å². The molecule has 2 aromatic heterocycles. The van der Waals surface area contributed by atoms with Crippen LogP contribution in [0.2, 0.25) is 5.02 Å². The number of hydrazine groups is 1. The summed E-state index contributed by atoms with van der Waals surface area (Å²) in [6.07, 6.45) is 7.91. The molecular formula is C24H16ClFN6O3. The summed E-state index contributed by atoms with van der Waals surface area (Å²) in [5, 5.41) is 1.75. The maximum atomic E-state index is 14.5. The van der Waals surface area contributed by atoms with E-state index in [2.05, 4.69) is 20.4 Å². The molecule has 11 heteroatoms. The van der Waals surface area contributed by atoms with Crippen molar-refractivity contribution in [1.82, 2.24) is 30.0 Å². The van der Waals surface area contributed by atoms with Crippen molar-refractivity contribution in [3.8, 4) is 0 Å². The van der Waals surface area contributed by atoms with E-state index in [-0.39, 0.29) is 17.5 Å². The van der Waals surface area contributed by atoms with E-state index in [4.69, 9.17) is 11.6 Å². The van der Waals surface area contributed by atoms with E-state index in [1.54, 1.807) is 42.9 Å². The number of amides is 1. The van der Waals surface area contributed by atoms with Gasteiger partial charge in [0.15, 0.2) is 5.82 Å². The van der Waals surface area contributed by atoms with Gasteiger partial charge in [0.2, 0.25) is 0 Å². The molecule has 0 atom stereocenters. The second-order valence-corrected chi connectivity index (χ2v) is 8.08. The lowest BCUT2D eigenvalue weighted by Crippen LogP contribution is -2.37. The highest BCUT2D eigenvalue weighted by Crippen LogP contribution is 2.19. The predicted octanol–water partition coefficient (Wildman–Crippen LogP) is 2.84. The molecule has 1 amide bonds. The molecule has 2 N–H and O–H groups in total. The summed E-state index contributed by atoms with van der Waals surface area (Å²) in [7, 11) is 0. The van der Waals surface area contributed by atoms with Gasteiger partial charge >= 0.3 is 5.69 Å². The van der Waals surface area contributed by atoms with Gasteiger partial charge in [-0.2, -0.15) is 0 Å². The molecular weight excluding hydrogens is 475 g/mol. The molecule has 0 fully saturated rings. The molecule has 9 nitrogen and oxygen atoms in total. The molecule has 0 radical (unpaired) electrons. The lowest BCUT2D eigenvalue weighted by molar-refractivity contribution is 0.0779. The maximum absolute atomic E-state index is 14.5. The Kier molecular flexibility index (Phi) is 5.71. The first-order valence-electron chi connectivity index (χ1n) is 10.4. The predicted molar refractivity (Wildman–Crippen MR) is 128 cm³/mol. The number of allylic oxidation sites excluding steroid dienone is 2. The van der Waals surface area contributed by atoms with Crippen LogP contribution in [0.4, 0.5) is 4.39 Å². The summed E-state index contributed by atoms with van der Waals surface area (Å²) in [4.78, 5) is 48.2. The third-order valence-electron chi connectivity index (χ3n) is 5.31.